The summed E-state index contributed by atoms with van der Waals surface area (Å²) in [5.41, 5.74) is 0. The van der Waals surface area contributed by atoms with Crippen LogP contribution in [0.1, 0.15) is 46.5 Å². The number of hydrogen-bond donors (Lipinski definition) is 1. The molecule has 0 aromatic rings. The number of unbranched alkanes of at least 4 members (excludes halogenated alkanes) is 1. The van der Waals surface area contributed by atoms with Gasteiger partial charge in [-0.25, -0.2) is 0 Å². The molecule has 88 valence electrons. The van der Waals surface area contributed by atoms with E-state index in [2.05, 4.69) is 6.92 Å². The van der Waals surface area contributed by atoms with Crippen molar-refractivity contribution in [3.8, 4) is 0 Å². The molecule has 0 aliphatic heterocycles. The summed E-state index contributed by atoms with van der Waals surface area (Å²) in [6.45, 7) is 6.13. The second-order valence-corrected chi connectivity index (χ2v) is 3.73. The van der Waals surface area contributed by atoms with Crippen LogP contribution < -0.4 is 0 Å². The van der Waals surface area contributed by atoms with E-state index in [0.29, 0.717) is 13.0 Å². The lowest BCUT2D eigenvalue weighted by Crippen LogP contribution is -2.40. The molecule has 15 heavy (non-hydrogen) atoms. The molecule has 0 radical (unpaired) electrons. The second-order valence-electron chi connectivity index (χ2n) is 3.73. The molecule has 0 spiro atoms. The maximum Gasteiger partial charge on any atom is 0.305 e. The molecule has 1 unspecified atom stereocenters. The van der Waals surface area contributed by atoms with Crippen LogP contribution in [0, 0.1) is 0 Å². The summed E-state index contributed by atoms with van der Waals surface area (Å²) in [4.78, 5) is 23.7. The first-order valence-electron chi connectivity index (χ1n) is 5.51. The highest BCUT2D eigenvalue weighted by atomic mass is 16.4. The summed E-state index contributed by atoms with van der Waals surface area (Å²) < 4.78 is 0. The number of carboxylic acids is 1. The fourth-order valence-corrected chi connectivity index (χ4v) is 1.60. The number of carbonyl (C=O) groups excluding carboxylic acids is 1. The zero-order valence-corrected chi connectivity index (χ0v) is 9.82. The van der Waals surface area contributed by atoms with Crippen molar-refractivity contribution < 1.29 is 14.7 Å². The molecule has 4 heteroatoms. The van der Waals surface area contributed by atoms with Gasteiger partial charge >= 0.3 is 5.97 Å². The summed E-state index contributed by atoms with van der Waals surface area (Å²) in [7, 11) is 0. The zero-order chi connectivity index (χ0) is 11.8. The van der Waals surface area contributed by atoms with E-state index in [-0.39, 0.29) is 18.4 Å². The average molecular weight is 215 g/mol. The van der Waals surface area contributed by atoms with Gasteiger partial charge in [0, 0.05) is 19.5 Å². The third-order valence-electron chi connectivity index (χ3n) is 2.48. The Labute approximate surface area is 91.3 Å². The Morgan fingerprint density at radius 3 is 2.27 bits per heavy atom. The largest absolute Gasteiger partial charge is 0.481 e. The fourth-order valence-electron chi connectivity index (χ4n) is 1.60. The van der Waals surface area contributed by atoms with Crippen LogP contribution in [0.3, 0.4) is 0 Å². The van der Waals surface area contributed by atoms with E-state index < -0.39 is 5.97 Å². The van der Waals surface area contributed by atoms with Gasteiger partial charge in [0.1, 0.15) is 0 Å². The van der Waals surface area contributed by atoms with Crippen molar-refractivity contribution in [3.63, 3.8) is 0 Å². The quantitative estimate of drug-likeness (QED) is 0.705. The monoisotopic (exact) mass is 215 g/mol. The Bertz CT molecular complexity index is 216. The molecule has 0 bridgehead atoms. The fraction of sp³-hybridized carbons (Fsp3) is 0.818. The predicted octanol–water partition coefficient (Wildman–Crippen LogP) is 1.89. The molecule has 4 nitrogen and oxygen atoms in total. The van der Waals surface area contributed by atoms with Crippen LogP contribution >= 0.6 is 0 Å². The molecule has 0 aliphatic carbocycles. The molecule has 0 aliphatic rings. The number of hydrogen-bond acceptors (Lipinski definition) is 2. The van der Waals surface area contributed by atoms with Crippen molar-refractivity contribution >= 4 is 11.9 Å². The van der Waals surface area contributed by atoms with E-state index in [1.54, 1.807) is 4.90 Å². The molecular weight excluding hydrogens is 194 g/mol. The molecule has 0 rings (SSSR count). The molecule has 0 heterocycles. The number of aliphatic carboxylic acids is 1. The number of rotatable bonds is 7. The van der Waals surface area contributed by atoms with Crippen molar-refractivity contribution in [3.05, 3.63) is 0 Å². The number of carboxylic acid groups (broad SMARTS) is 1. The summed E-state index contributed by atoms with van der Waals surface area (Å²) in [5, 5.41) is 8.73. The molecule has 1 amide bonds. The summed E-state index contributed by atoms with van der Waals surface area (Å²) in [6, 6.07) is -0.161. The van der Waals surface area contributed by atoms with Gasteiger partial charge in [-0.2, -0.15) is 0 Å². The van der Waals surface area contributed by atoms with E-state index in [4.69, 9.17) is 5.11 Å². The average Bonchev–Trinajstić information content (AvgIpc) is 2.15. The number of amides is 1. The van der Waals surface area contributed by atoms with E-state index in [1.807, 2.05) is 6.92 Å². The van der Waals surface area contributed by atoms with Gasteiger partial charge in [-0.15, -0.1) is 0 Å². The summed E-state index contributed by atoms with van der Waals surface area (Å²) in [6.07, 6.45) is 2.67. The van der Waals surface area contributed by atoms with Crippen molar-refractivity contribution in [1.29, 1.82) is 0 Å². The highest BCUT2D eigenvalue weighted by molar-refractivity contribution is 5.75. The highest BCUT2D eigenvalue weighted by Gasteiger charge is 2.21. The third kappa shape index (κ3) is 5.40. The molecule has 1 N–H and O–H groups in total. The maximum absolute atomic E-state index is 11.4. The lowest BCUT2D eigenvalue weighted by molar-refractivity contribution is -0.140. The van der Waals surface area contributed by atoms with Gasteiger partial charge in [-0.05, 0) is 12.8 Å². The standard InChI is InChI=1S/C11H21NO3/c1-4-6-7-12(9(3)13)10(5-2)8-11(14)15/h10H,4-8H2,1-3H3,(H,14,15). The van der Waals surface area contributed by atoms with Crippen LogP contribution in [0.5, 0.6) is 0 Å². The molecular formula is C11H21NO3. The van der Waals surface area contributed by atoms with Gasteiger partial charge < -0.3 is 10.0 Å². The van der Waals surface area contributed by atoms with Crippen molar-refractivity contribution in [2.75, 3.05) is 6.54 Å². The van der Waals surface area contributed by atoms with E-state index in [1.165, 1.54) is 6.92 Å². The van der Waals surface area contributed by atoms with Crippen molar-refractivity contribution in [2.45, 2.75) is 52.5 Å². The van der Waals surface area contributed by atoms with Crippen LogP contribution in [0.15, 0.2) is 0 Å². The molecule has 0 aromatic carbocycles. The molecule has 1 atom stereocenters. The minimum absolute atomic E-state index is 0.0310. The number of carbonyl (C=O) groups is 2. The van der Waals surface area contributed by atoms with Crippen LogP contribution in [0.4, 0.5) is 0 Å². The van der Waals surface area contributed by atoms with Crippen LogP contribution in [-0.2, 0) is 9.59 Å². The van der Waals surface area contributed by atoms with Crippen molar-refractivity contribution in [2.24, 2.45) is 0 Å². The van der Waals surface area contributed by atoms with Crippen LogP contribution in [0.25, 0.3) is 0 Å². The van der Waals surface area contributed by atoms with E-state index in [9.17, 15) is 9.59 Å². The second kappa shape index (κ2) is 7.26. The minimum Gasteiger partial charge on any atom is -0.481 e. The Balaban J connectivity index is 4.40. The summed E-state index contributed by atoms with van der Waals surface area (Å²) in [5.74, 6) is -0.874. The highest BCUT2D eigenvalue weighted by Crippen LogP contribution is 2.10. The van der Waals surface area contributed by atoms with E-state index >= 15 is 0 Å². The molecule has 0 aromatic heterocycles. The molecule has 0 fully saturated rings. The number of nitrogens with zero attached hydrogens (tertiary/aromatic N) is 1. The smallest absolute Gasteiger partial charge is 0.305 e. The lowest BCUT2D eigenvalue weighted by Gasteiger charge is -2.29. The normalized spacial score (nSPS) is 12.2. The SMILES string of the molecule is CCCCN(C(C)=O)C(CC)CC(=O)O. The molecule has 0 saturated heterocycles. The Morgan fingerprint density at radius 2 is 1.93 bits per heavy atom. The zero-order valence-electron chi connectivity index (χ0n) is 9.82. The first-order valence-corrected chi connectivity index (χ1v) is 5.51. The summed E-state index contributed by atoms with van der Waals surface area (Å²) >= 11 is 0. The predicted molar refractivity (Wildman–Crippen MR) is 58.6 cm³/mol. The van der Waals surface area contributed by atoms with Gasteiger partial charge in [0.25, 0.3) is 0 Å². The Hall–Kier alpha value is -1.06. The van der Waals surface area contributed by atoms with Crippen LogP contribution in [-0.4, -0.2) is 34.5 Å². The van der Waals surface area contributed by atoms with Gasteiger partial charge in [0.15, 0.2) is 0 Å². The van der Waals surface area contributed by atoms with Gasteiger partial charge in [-0.3, -0.25) is 9.59 Å². The third-order valence-corrected chi connectivity index (χ3v) is 2.48. The maximum atomic E-state index is 11.4. The van der Waals surface area contributed by atoms with Crippen LogP contribution in [0.2, 0.25) is 0 Å². The first kappa shape index (κ1) is 13.9. The minimum atomic E-state index is -0.843. The first-order chi connectivity index (χ1) is 7.02. The Kier molecular flexibility index (Phi) is 6.75. The van der Waals surface area contributed by atoms with E-state index in [0.717, 1.165) is 12.8 Å². The van der Waals surface area contributed by atoms with Gasteiger partial charge in [-0.1, -0.05) is 20.3 Å². The van der Waals surface area contributed by atoms with Gasteiger partial charge in [0.05, 0.1) is 6.42 Å². The molecule has 0 saturated carbocycles. The lowest BCUT2D eigenvalue weighted by atomic mass is 10.1. The van der Waals surface area contributed by atoms with Crippen molar-refractivity contribution in [1.82, 2.24) is 4.90 Å². The van der Waals surface area contributed by atoms with Gasteiger partial charge in [0.2, 0.25) is 5.91 Å². The topological polar surface area (TPSA) is 57.6 Å². The Morgan fingerprint density at radius 1 is 1.33 bits per heavy atom.